The third kappa shape index (κ3) is 4.55. The highest BCUT2D eigenvalue weighted by atomic mass is 35.5. The molecule has 5 rings (SSSR count). The molecular weight excluding hydrogens is 487 g/mol. The quantitative estimate of drug-likeness (QED) is 0.283. The number of amides is 2. The summed E-state index contributed by atoms with van der Waals surface area (Å²) in [6, 6.07) is 19.7. The van der Waals surface area contributed by atoms with E-state index in [-0.39, 0.29) is 31.6 Å². The van der Waals surface area contributed by atoms with Gasteiger partial charge in [-0.2, -0.15) is 0 Å². The molecule has 0 unspecified atom stereocenters. The second-order valence-corrected chi connectivity index (χ2v) is 8.88. The lowest BCUT2D eigenvalue weighted by Crippen LogP contribution is -2.33. The van der Waals surface area contributed by atoms with Crippen LogP contribution in [0.4, 0.5) is 0 Å². The molecule has 1 aliphatic rings. The molecule has 0 spiro atoms. The highest BCUT2D eigenvalue weighted by molar-refractivity contribution is 6.37. The maximum Gasteiger partial charge on any atom is 0.261 e. The zero-order chi connectivity index (χ0) is 24.5. The average Bonchev–Trinajstić information content (AvgIpc) is 3.10. The Morgan fingerprint density at radius 1 is 0.886 bits per heavy atom. The second kappa shape index (κ2) is 9.56. The lowest BCUT2D eigenvalue weighted by molar-refractivity contribution is 0.0631. The fourth-order valence-electron chi connectivity index (χ4n) is 3.96. The van der Waals surface area contributed by atoms with E-state index in [4.69, 9.17) is 32.7 Å². The van der Waals surface area contributed by atoms with E-state index in [1.165, 1.54) is 4.90 Å². The summed E-state index contributed by atoms with van der Waals surface area (Å²) in [6.45, 7) is 2.27. The van der Waals surface area contributed by atoms with Gasteiger partial charge in [-0.25, -0.2) is 0 Å². The van der Waals surface area contributed by atoms with Crippen LogP contribution in [-0.4, -0.2) is 34.8 Å². The van der Waals surface area contributed by atoms with E-state index in [1.807, 2.05) is 37.3 Å². The molecule has 3 aromatic carbocycles. The zero-order valence-corrected chi connectivity index (χ0v) is 20.3. The van der Waals surface area contributed by atoms with Crippen molar-refractivity contribution in [3.63, 3.8) is 0 Å². The van der Waals surface area contributed by atoms with Gasteiger partial charge in [-0.15, -0.1) is 0 Å². The third-order valence-corrected chi connectivity index (χ3v) is 6.55. The number of aromatic nitrogens is 1. The van der Waals surface area contributed by atoms with Crippen LogP contribution in [0.25, 0.3) is 10.9 Å². The minimum absolute atomic E-state index is 0.0875. The minimum atomic E-state index is -0.328. The lowest BCUT2D eigenvalue weighted by atomic mass is 10.1. The van der Waals surface area contributed by atoms with E-state index in [1.54, 1.807) is 36.4 Å². The fraction of sp³-hybridized carbons (Fsp3) is 0.148. The highest BCUT2D eigenvalue weighted by Crippen LogP contribution is 2.34. The number of fused-ring (bicyclic) bond motifs is 2. The van der Waals surface area contributed by atoms with Crippen molar-refractivity contribution in [2.75, 3.05) is 13.2 Å². The van der Waals surface area contributed by atoms with Crippen molar-refractivity contribution in [3.8, 4) is 11.5 Å². The third-order valence-electron chi connectivity index (χ3n) is 5.78. The summed E-state index contributed by atoms with van der Waals surface area (Å²) < 4.78 is 11.8. The van der Waals surface area contributed by atoms with Crippen molar-refractivity contribution in [2.24, 2.45) is 0 Å². The molecule has 0 saturated heterocycles. The van der Waals surface area contributed by atoms with Crippen LogP contribution in [0.3, 0.4) is 0 Å². The van der Waals surface area contributed by atoms with E-state index in [2.05, 4.69) is 4.98 Å². The molecule has 35 heavy (non-hydrogen) atoms. The van der Waals surface area contributed by atoms with Crippen LogP contribution in [-0.2, 0) is 6.61 Å². The van der Waals surface area contributed by atoms with Gasteiger partial charge < -0.3 is 9.47 Å². The summed E-state index contributed by atoms with van der Waals surface area (Å²) >= 11 is 13.0. The smallest absolute Gasteiger partial charge is 0.261 e. The molecule has 4 aromatic rings. The molecule has 8 heteroatoms. The SMILES string of the molecule is Cc1ccc2cc(OCc3c(Cl)ccc(OCCN4C(=O)c5ccccc5C4=O)c3Cl)ccc2n1. The molecular formula is C27H20Cl2N2O4. The van der Waals surface area contributed by atoms with Gasteiger partial charge in [-0.1, -0.05) is 41.4 Å². The molecule has 0 atom stereocenters. The van der Waals surface area contributed by atoms with Gasteiger partial charge >= 0.3 is 0 Å². The van der Waals surface area contributed by atoms with Gasteiger partial charge in [0.05, 0.1) is 28.2 Å². The normalized spacial score (nSPS) is 12.8. The molecule has 0 bridgehead atoms. The molecule has 2 amide bonds. The van der Waals surface area contributed by atoms with Gasteiger partial charge in [0.15, 0.2) is 0 Å². The monoisotopic (exact) mass is 506 g/mol. The number of hydrogen-bond donors (Lipinski definition) is 0. The Balaban J connectivity index is 1.25. The number of halogens is 2. The van der Waals surface area contributed by atoms with Crippen LogP contribution in [0.2, 0.25) is 10.0 Å². The Hall–Kier alpha value is -3.61. The van der Waals surface area contributed by atoms with E-state index in [0.29, 0.717) is 38.2 Å². The highest BCUT2D eigenvalue weighted by Gasteiger charge is 2.34. The first-order valence-corrected chi connectivity index (χ1v) is 11.7. The minimum Gasteiger partial charge on any atom is -0.490 e. The number of benzene rings is 3. The number of nitrogens with zero attached hydrogens (tertiary/aromatic N) is 2. The number of hydrogen-bond acceptors (Lipinski definition) is 5. The summed E-state index contributed by atoms with van der Waals surface area (Å²) in [7, 11) is 0. The number of carbonyl (C=O) groups is 2. The van der Waals surface area contributed by atoms with Crippen LogP contribution >= 0.6 is 23.2 Å². The van der Waals surface area contributed by atoms with E-state index in [9.17, 15) is 9.59 Å². The van der Waals surface area contributed by atoms with Gasteiger partial charge in [0, 0.05) is 21.7 Å². The van der Waals surface area contributed by atoms with Crippen molar-refractivity contribution >= 4 is 45.9 Å². The van der Waals surface area contributed by atoms with Crippen molar-refractivity contribution in [1.29, 1.82) is 0 Å². The number of ether oxygens (including phenoxy) is 2. The largest absolute Gasteiger partial charge is 0.490 e. The van der Waals surface area contributed by atoms with E-state index < -0.39 is 0 Å². The number of aryl methyl sites for hydroxylation is 1. The predicted octanol–water partition coefficient (Wildman–Crippen LogP) is 6.10. The molecule has 6 nitrogen and oxygen atoms in total. The van der Waals surface area contributed by atoms with Gasteiger partial charge in [0.25, 0.3) is 11.8 Å². The first-order valence-electron chi connectivity index (χ1n) is 11.0. The topological polar surface area (TPSA) is 68.7 Å². The summed E-state index contributed by atoms with van der Waals surface area (Å²) in [5.41, 5.74) is 3.22. The van der Waals surface area contributed by atoms with Crippen molar-refractivity contribution in [1.82, 2.24) is 9.88 Å². The van der Waals surface area contributed by atoms with Gasteiger partial charge in [0.1, 0.15) is 24.7 Å². The number of pyridine rings is 1. The molecule has 0 N–H and O–H groups in total. The predicted molar refractivity (Wildman–Crippen MR) is 135 cm³/mol. The van der Waals surface area contributed by atoms with Crippen LogP contribution in [0.5, 0.6) is 11.5 Å². The molecule has 0 radical (unpaired) electrons. The maximum absolute atomic E-state index is 12.5. The second-order valence-electron chi connectivity index (χ2n) is 8.09. The van der Waals surface area contributed by atoms with Crippen LogP contribution in [0.1, 0.15) is 32.0 Å². The molecule has 1 aromatic heterocycles. The van der Waals surface area contributed by atoms with Gasteiger partial charge in [-0.05, 0) is 55.5 Å². The molecule has 0 aliphatic carbocycles. The zero-order valence-electron chi connectivity index (χ0n) is 18.8. The average molecular weight is 507 g/mol. The first-order chi connectivity index (χ1) is 16.9. The van der Waals surface area contributed by atoms with Gasteiger partial charge in [0.2, 0.25) is 0 Å². The van der Waals surface area contributed by atoms with Crippen LogP contribution in [0.15, 0.2) is 66.7 Å². The molecule has 176 valence electrons. The first kappa shape index (κ1) is 23.1. The Kier molecular flexibility index (Phi) is 6.32. The van der Waals surface area contributed by atoms with Crippen molar-refractivity contribution in [2.45, 2.75) is 13.5 Å². The Morgan fingerprint density at radius 3 is 2.37 bits per heavy atom. The number of imide groups is 1. The summed E-state index contributed by atoms with van der Waals surface area (Å²) in [4.78, 5) is 30.7. The number of carbonyl (C=O) groups excluding carboxylic acids is 2. The van der Waals surface area contributed by atoms with E-state index in [0.717, 1.165) is 16.6 Å². The molecule has 1 aliphatic heterocycles. The van der Waals surface area contributed by atoms with Crippen molar-refractivity contribution < 1.29 is 19.1 Å². The Labute approximate surface area is 212 Å². The lowest BCUT2D eigenvalue weighted by Gasteiger charge is -2.17. The molecule has 0 saturated carbocycles. The Bertz CT molecular complexity index is 1440. The Morgan fingerprint density at radius 2 is 1.63 bits per heavy atom. The standard InChI is InChI=1S/C27H20Cl2N2O4/c1-16-6-7-17-14-18(8-10-23(17)30-16)35-15-21-22(28)9-11-24(25(21)29)34-13-12-31-26(32)19-4-2-3-5-20(19)27(31)33/h2-11,14H,12-13,15H2,1H3. The summed E-state index contributed by atoms with van der Waals surface area (Å²) in [6.07, 6.45) is 0. The maximum atomic E-state index is 12.5. The summed E-state index contributed by atoms with van der Waals surface area (Å²) in [5.74, 6) is 0.397. The van der Waals surface area contributed by atoms with Gasteiger partial charge in [-0.3, -0.25) is 19.5 Å². The van der Waals surface area contributed by atoms with Crippen LogP contribution in [0, 0.1) is 6.92 Å². The van der Waals surface area contributed by atoms with Crippen molar-refractivity contribution in [3.05, 3.63) is 99.2 Å². The molecule has 0 fully saturated rings. The molecule has 2 heterocycles. The summed E-state index contributed by atoms with van der Waals surface area (Å²) in [5, 5.41) is 1.73. The number of rotatable bonds is 7. The fourth-order valence-corrected chi connectivity index (χ4v) is 4.49. The van der Waals surface area contributed by atoms with Crippen LogP contribution < -0.4 is 9.47 Å². The van der Waals surface area contributed by atoms with E-state index >= 15 is 0 Å².